The van der Waals surface area contributed by atoms with E-state index >= 15 is 0 Å². The maximum absolute atomic E-state index is 11.1. The second-order valence-corrected chi connectivity index (χ2v) is 4.42. The average molecular weight is 254 g/mol. The van der Waals surface area contributed by atoms with Crippen LogP contribution in [-0.2, 0) is 4.79 Å². The summed E-state index contributed by atoms with van der Waals surface area (Å²) in [6.45, 7) is 1.72. The zero-order valence-corrected chi connectivity index (χ0v) is 9.46. The SMILES string of the molecule is O=C1CCN(c2ccc(Br)cc2)CC1. The van der Waals surface area contributed by atoms with E-state index in [2.05, 4.69) is 33.0 Å². The normalized spacial score (nSPS) is 17.2. The third kappa shape index (κ3) is 2.15. The van der Waals surface area contributed by atoms with Gasteiger partial charge in [-0.25, -0.2) is 0 Å². The molecule has 0 saturated carbocycles. The highest BCUT2D eigenvalue weighted by atomic mass is 79.9. The molecule has 1 fully saturated rings. The van der Waals surface area contributed by atoms with Gasteiger partial charge in [0.25, 0.3) is 0 Å². The Morgan fingerprint density at radius 3 is 2.21 bits per heavy atom. The molecule has 2 nitrogen and oxygen atoms in total. The minimum absolute atomic E-state index is 0.387. The Morgan fingerprint density at radius 2 is 1.64 bits per heavy atom. The highest BCUT2D eigenvalue weighted by Crippen LogP contribution is 2.20. The summed E-state index contributed by atoms with van der Waals surface area (Å²) in [7, 11) is 0. The molecule has 0 atom stereocenters. The summed E-state index contributed by atoms with van der Waals surface area (Å²) in [4.78, 5) is 13.3. The monoisotopic (exact) mass is 253 g/mol. The van der Waals surface area contributed by atoms with Crippen LogP contribution in [0.5, 0.6) is 0 Å². The molecule has 3 heteroatoms. The number of Topliss-reactive ketones (excluding diaryl/α,β-unsaturated/α-hetero) is 1. The van der Waals surface area contributed by atoms with Gasteiger partial charge in [-0.1, -0.05) is 15.9 Å². The lowest BCUT2D eigenvalue weighted by Gasteiger charge is -2.28. The molecule has 0 spiro atoms. The molecule has 14 heavy (non-hydrogen) atoms. The third-order valence-corrected chi connectivity index (χ3v) is 3.04. The van der Waals surface area contributed by atoms with Crippen molar-refractivity contribution in [2.75, 3.05) is 18.0 Å². The van der Waals surface area contributed by atoms with Gasteiger partial charge in [0, 0.05) is 36.1 Å². The number of benzene rings is 1. The fourth-order valence-corrected chi connectivity index (χ4v) is 1.93. The second-order valence-electron chi connectivity index (χ2n) is 3.50. The van der Waals surface area contributed by atoms with Gasteiger partial charge in [-0.15, -0.1) is 0 Å². The Morgan fingerprint density at radius 1 is 1.07 bits per heavy atom. The summed E-state index contributed by atoms with van der Waals surface area (Å²) < 4.78 is 1.09. The zero-order valence-electron chi connectivity index (χ0n) is 7.87. The Hall–Kier alpha value is -0.830. The summed E-state index contributed by atoms with van der Waals surface area (Å²) >= 11 is 3.41. The van der Waals surface area contributed by atoms with Gasteiger partial charge in [0.2, 0.25) is 0 Å². The van der Waals surface area contributed by atoms with E-state index in [1.807, 2.05) is 12.1 Å². The van der Waals surface area contributed by atoms with Gasteiger partial charge in [-0.3, -0.25) is 4.79 Å². The van der Waals surface area contributed by atoms with Crippen LogP contribution in [0, 0.1) is 0 Å². The smallest absolute Gasteiger partial charge is 0.136 e. The van der Waals surface area contributed by atoms with E-state index in [-0.39, 0.29) is 0 Å². The number of rotatable bonds is 1. The number of anilines is 1. The summed E-state index contributed by atoms with van der Waals surface area (Å²) in [6, 6.07) is 8.23. The molecule has 0 radical (unpaired) electrons. The van der Waals surface area contributed by atoms with Crippen LogP contribution in [0.1, 0.15) is 12.8 Å². The standard InChI is InChI=1S/C11H12BrNO/c12-9-1-3-10(4-2-9)13-7-5-11(14)6-8-13/h1-4H,5-8H2. The molecule has 0 aromatic heterocycles. The molecule has 0 N–H and O–H groups in total. The Kier molecular flexibility index (Phi) is 2.87. The van der Waals surface area contributed by atoms with E-state index in [4.69, 9.17) is 0 Å². The Balaban J connectivity index is 2.08. The van der Waals surface area contributed by atoms with Crippen molar-refractivity contribution in [3.05, 3.63) is 28.7 Å². The first-order valence-corrected chi connectivity index (χ1v) is 5.57. The van der Waals surface area contributed by atoms with Gasteiger partial charge in [0.1, 0.15) is 5.78 Å². The fourth-order valence-electron chi connectivity index (χ4n) is 1.67. The van der Waals surface area contributed by atoms with Crippen LogP contribution in [0.4, 0.5) is 5.69 Å². The van der Waals surface area contributed by atoms with Crippen molar-refractivity contribution in [1.29, 1.82) is 0 Å². The topological polar surface area (TPSA) is 20.3 Å². The molecule has 1 heterocycles. The molecule has 0 bridgehead atoms. The van der Waals surface area contributed by atoms with Crippen LogP contribution in [0.25, 0.3) is 0 Å². The number of halogens is 1. The number of hydrogen-bond acceptors (Lipinski definition) is 2. The van der Waals surface area contributed by atoms with Crippen LogP contribution < -0.4 is 4.90 Å². The van der Waals surface area contributed by atoms with Gasteiger partial charge < -0.3 is 4.90 Å². The number of carbonyl (C=O) groups is 1. The fraction of sp³-hybridized carbons (Fsp3) is 0.364. The van der Waals surface area contributed by atoms with E-state index in [9.17, 15) is 4.79 Å². The molecule has 0 aliphatic carbocycles. The summed E-state index contributed by atoms with van der Waals surface area (Å²) in [6.07, 6.45) is 1.38. The molecular weight excluding hydrogens is 242 g/mol. The minimum atomic E-state index is 0.387. The van der Waals surface area contributed by atoms with Crippen molar-refractivity contribution in [3.63, 3.8) is 0 Å². The van der Waals surface area contributed by atoms with E-state index in [1.54, 1.807) is 0 Å². The molecule has 1 aliphatic heterocycles. The van der Waals surface area contributed by atoms with Gasteiger partial charge in [-0.05, 0) is 24.3 Å². The molecule has 1 aromatic carbocycles. The molecule has 1 aromatic rings. The van der Waals surface area contributed by atoms with E-state index < -0.39 is 0 Å². The first kappa shape index (κ1) is 9.71. The molecule has 0 unspecified atom stereocenters. The van der Waals surface area contributed by atoms with Crippen molar-refractivity contribution in [1.82, 2.24) is 0 Å². The van der Waals surface area contributed by atoms with Gasteiger partial charge in [0.05, 0.1) is 0 Å². The molecule has 0 amide bonds. The van der Waals surface area contributed by atoms with Crippen LogP contribution in [-0.4, -0.2) is 18.9 Å². The van der Waals surface area contributed by atoms with Crippen LogP contribution in [0.3, 0.4) is 0 Å². The summed E-state index contributed by atoms with van der Waals surface area (Å²) in [5.74, 6) is 0.387. The summed E-state index contributed by atoms with van der Waals surface area (Å²) in [5, 5.41) is 0. The predicted molar refractivity (Wildman–Crippen MR) is 60.6 cm³/mol. The van der Waals surface area contributed by atoms with Crippen LogP contribution in [0.2, 0.25) is 0 Å². The molecule has 1 aliphatic rings. The van der Waals surface area contributed by atoms with Gasteiger partial charge >= 0.3 is 0 Å². The van der Waals surface area contributed by atoms with Crippen LogP contribution in [0.15, 0.2) is 28.7 Å². The average Bonchev–Trinajstić information content (AvgIpc) is 2.21. The number of piperidine rings is 1. The third-order valence-electron chi connectivity index (χ3n) is 2.51. The van der Waals surface area contributed by atoms with Gasteiger partial charge in [0.15, 0.2) is 0 Å². The van der Waals surface area contributed by atoms with Crippen molar-refractivity contribution < 1.29 is 4.79 Å². The lowest BCUT2D eigenvalue weighted by Crippen LogP contribution is -2.33. The van der Waals surface area contributed by atoms with E-state index in [0.29, 0.717) is 18.6 Å². The second kappa shape index (κ2) is 4.13. The maximum Gasteiger partial charge on any atom is 0.136 e. The number of ketones is 1. The van der Waals surface area contributed by atoms with Crippen molar-refractivity contribution in [2.45, 2.75) is 12.8 Å². The highest BCUT2D eigenvalue weighted by Gasteiger charge is 2.15. The molecule has 74 valence electrons. The maximum atomic E-state index is 11.1. The summed E-state index contributed by atoms with van der Waals surface area (Å²) in [5.41, 5.74) is 1.21. The Bertz CT molecular complexity index is 324. The largest absolute Gasteiger partial charge is 0.371 e. The minimum Gasteiger partial charge on any atom is -0.371 e. The van der Waals surface area contributed by atoms with Crippen molar-refractivity contribution in [2.24, 2.45) is 0 Å². The molecular formula is C11H12BrNO. The zero-order chi connectivity index (χ0) is 9.97. The Labute approximate surface area is 92.0 Å². The number of hydrogen-bond donors (Lipinski definition) is 0. The molecule has 1 saturated heterocycles. The first-order chi connectivity index (χ1) is 6.75. The number of nitrogens with zero attached hydrogens (tertiary/aromatic N) is 1. The quantitative estimate of drug-likeness (QED) is 0.767. The predicted octanol–water partition coefficient (Wildman–Crippen LogP) is 2.62. The number of carbonyl (C=O) groups excluding carboxylic acids is 1. The highest BCUT2D eigenvalue weighted by molar-refractivity contribution is 9.10. The van der Waals surface area contributed by atoms with Crippen LogP contribution >= 0.6 is 15.9 Å². The van der Waals surface area contributed by atoms with E-state index in [0.717, 1.165) is 17.6 Å². The van der Waals surface area contributed by atoms with Crippen molar-refractivity contribution in [3.8, 4) is 0 Å². The lowest BCUT2D eigenvalue weighted by molar-refractivity contribution is -0.119. The van der Waals surface area contributed by atoms with E-state index in [1.165, 1.54) is 5.69 Å². The van der Waals surface area contributed by atoms with Crippen molar-refractivity contribution >= 4 is 27.4 Å². The lowest BCUT2D eigenvalue weighted by atomic mass is 10.1. The molecule has 2 rings (SSSR count). The van der Waals surface area contributed by atoms with Gasteiger partial charge in [-0.2, -0.15) is 0 Å². The first-order valence-electron chi connectivity index (χ1n) is 4.78.